The summed E-state index contributed by atoms with van der Waals surface area (Å²) in [7, 11) is 0. The van der Waals surface area contributed by atoms with E-state index in [0.717, 1.165) is 11.1 Å². The van der Waals surface area contributed by atoms with Gasteiger partial charge in [0.05, 0.1) is 5.69 Å². The Hall–Kier alpha value is -2.95. The highest BCUT2D eigenvalue weighted by Gasteiger charge is 2.15. The summed E-state index contributed by atoms with van der Waals surface area (Å²) >= 11 is 0. The topological polar surface area (TPSA) is 63.5 Å². The van der Waals surface area contributed by atoms with Gasteiger partial charge in [-0.05, 0) is 44.0 Å². The van der Waals surface area contributed by atoms with Crippen LogP contribution in [0.1, 0.15) is 27.2 Å². The number of amides is 1. The van der Waals surface area contributed by atoms with E-state index in [0.29, 0.717) is 16.9 Å². The monoisotopic (exact) mass is 307 g/mol. The number of carbonyl (C=O) groups excluding carboxylic acids is 1. The molecule has 1 amide bonds. The van der Waals surface area contributed by atoms with Gasteiger partial charge in [0.1, 0.15) is 11.3 Å². The minimum Gasteiger partial charge on any atom is -0.316 e. The number of pyridine rings is 1. The van der Waals surface area contributed by atoms with E-state index in [2.05, 4.69) is 10.3 Å². The molecule has 0 atom stereocenters. The first-order chi connectivity index (χ1) is 11.0. The molecule has 0 saturated heterocycles. The minimum absolute atomic E-state index is 0.210. The van der Waals surface area contributed by atoms with Gasteiger partial charge in [-0.15, -0.1) is 0 Å². The molecule has 5 heteroatoms. The van der Waals surface area contributed by atoms with Gasteiger partial charge in [-0.25, -0.2) is 4.98 Å². The van der Waals surface area contributed by atoms with E-state index in [1.165, 1.54) is 4.40 Å². The van der Waals surface area contributed by atoms with Crippen molar-refractivity contribution < 1.29 is 4.79 Å². The summed E-state index contributed by atoms with van der Waals surface area (Å²) in [4.78, 5) is 29.5. The number of aromatic nitrogens is 2. The third kappa shape index (κ3) is 2.73. The summed E-state index contributed by atoms with van der Waals surface area (Å²) in [5, 5.41) is 2.71. The number of fused-ring (bicyclic) bond motifs is 1. The highest BCUT2D eigenvalue weighted by atomic mass is 16.2. The molecular formula is C18H17N3O2. The lowest BCUT2D eigenvalue weighted by atomic mass is 10.1. The lowest BCUT2D eigenvalue weighted by Crippen LogP contribution is -2.25. The van der Waals surface area contributed by atoms with Crippen LogP contribution in [0.15, 0.2) is 47.4 Å². The van der Waals surface area contributed by atoms with Crippen LogP contribution in [-0.4, -0.2) is 15.3 Å². The molecule has 0 unspecified atom stereocenters. The Bertz CT molecular complexity index is 974. The molecule has 2 heterocycles. The molecule has 2 aromatic heterocycles. The summed E-state index contributed by atoms with van der Waals surface area (Å²) in [6.07, 6.45) is 1.72. The molecule has 1 aromatic carbocycles. The lowest BCUT2D eigenvalue weighted by Gasteiger charge is -2.11. The zero-order valence-electron chi connectivity index (χ0n) is 13.3. The Morgan fingerprint density at radius 2 is 1.83 bits per heavy atom. The first-order valence-electron chi connectivity index (χ1n) is 7.34. The molecule has 0 fully saturated rings. The van der Waals surface area contributed by atoms with Crippen molar-refractivity contribution in [3.05, 3.63) is 75.3 Å². The number of carbonyl (C=O) groups is 1. The van der Waals surface area contributed by atoms with E-state index in [1.807, 2.05) is 32.0 Å². The van der Waals surface area contributed by atoms with Gasteiger partial charge in [0.2, 0.25) is 0 Å². The van der Waals surface area contributed by atoms with Crippen LogP contribution >= 0.6 is 0 Å². The van der Waals surface area contributed by atoms with Gasteiger partial charge >= 0.3 is 0 Å². The summed E-state index contributed by atoms with van der Waals surface area (Å²) in [6, 6.07) is 10.9. The molecule has 0 radical (unpaired) electrons. The van der Waals surface area contributed by atoms with Gasteiger partial charge in [-0.3, -0.25) is 14.0 Å². The van der Waals surface area contributed by atoms with Crippen molar-refractivity contribution in [1.82, 2.24) is 9.38 Å². The van der Waals surface area contributed by atoms with Crippen LogP contribution in [-0.2, 0) is 0 Å². The maximum absolute atomic E-state index is 12.7. The summed E-state index contributed by atoms with van der Waals surface area (Å²) < 4.78 is 1.45. The van der Waals surface area contributed by atoms with E-state index in [4.69, 9.17) is 0 Å². The van der Waals surface area contributed by atoms with Crippen molar-refractivity contribution in [2.24, 2.45) is 0 Å². The fourth-order valence-corrected chi connectivity index (χ4v) is 2.51. The third-order valence-corrected chi connectivity index (χ3v) is 3.78. The molecule has 0 aliphatic rings. The van der Waals surface area contributed by atoms with Crippen LogP contribution in [0, 0.1) is 20.8 Å². The third-order valence-electron chi connectivity index (χ3n) is 3.78. The predicted molar refractivity (Wildman–Crippen MR) is 90.1 cm³/mol. The Labute approximate surface area is 133 Å². The van der Waals surface area contributed by atoms with E-state index >= 15 is 0 Å². The van der Waals surface area contributed by atoms with Crippen LogP contribution in [0.25, 0.3) is 5.65 Å². The molecule has 0 bridgehead atoms. The summed E-state index contributed by atoms with van der Waals surface area (Å²) in [5.41, 5.74) is 3.33. The van der Waals surface area contributed by atoms with Crippen molar-refractivity contribution in [2.45, 2.75) is 20.8 Å². The van der Waals surface area contributed by atoms with E-state index in [-0.39, 0.29) is 17.2 Å². The van der Waals surface area contributed by atoms with Gasteiger partial charge in [0.15, 0.2) is 0 Å². The van der Waals surface area contributed by atoms with Crippen LogP contribution in [0.3, 0.4) is 0 Å². The molecule has 5 nitrogen and oxygen atoms in total. The Balaban J connectivity index is 2.08. The van der Waals surface area contributed by atoms with Gasteiger partial charge in [-0.2, -0.15) is 0 Å². The molecule has 0 aliphatic heterocycles. The van der Waals surface area contributed by atoms with Gasteiger partial charge in [-0.1, -0.05) is 24.3 Å². The van der Waals surface area contributed by atoms with Gasteiger partial charge in [0.25, 0.3) is 11.5 Å². The molecule has 23 heavy (non-hydrogen) atoms. The average Bonchev–Trinajstić information content (AvgIpc) is 2.52. The number of rotatable bonds is 2. The van der Waals surface area contributed by atoms with Gasteiger partial charge < -0.3 is 5.32 Å². The van der Waals surface area contributed by atoms with Crippen LogP contribution < -0.4 is 10.9 Å². The molecule has 3 rings (SSSR count). The SMILES string of the molecule is Cc1ccc2nc(C)c(NC(=O)c3ccccc3C)c(=O)n2c1. The number of nitrogens with one attached hydrogen (secondary N) is 1. The Morgan fingerprint density at radius 3 is 2.57 bits per heavy atom. The number of hydrogen-bond donors (Lipinski definition) is 1. The molecule has 1 N–H and O–H groups in total. The van der Waals surface area contributed by atoms with E-state index in [9.17, 15) is 9.59 Å². The Morgan fingerprint density at radius 1 is 1.09 bits per heavy atom. The predicted octanol–water partition coefficient (Wildman–Crippen LogP) is 2.87. The summed E-state index contributed by atoms with van der Waals surface area (Å²) in [5.74, 6) is -0.308. The van der Waals surface area contributed by atoms with Crippen molar-refractivity contribution in [3.8, 4) is 0 Å². The van der Waals surface area contributed by atoms with Crippen molar-refractivity contribution in [3.63, 3.8) is 0 Å². The van der Waals surface area contributed by atoms with Crippen LogP contribution in [0.2, 0.25) is 0 Å². The first-order valence-corrected chi connectivity index (χ1v) is 7.34. The first kappa shape index (κ1) is 15.0. The molecule has 3 aromatic rings. The zero-order valence-corrected chi connectivity index (χ0v) is 13.3. The van der Waals surface area contributed by atoms with E-state index < -0.39 is 0 Å². The van der Waals surface area contributed by atoms with Crippen molar-refractivity contribution in [1.29, 1.82) is 0 Å². The lowest BCUT2D eigenvalue weighted by molar-refractivity contribution is 0.102. The normalized spacial score (nSPS) is 10.7. The molecule has 0 saturated carbocycles. The van der Waals surface area contributed by atoms with Crippen molar-refractivity contribution in [2.75, 3.05) is 5.32 Å². The second kappa shape index (κ2) is 5.68. The van der Waals surface area contributed by atoms with E-state index in [1.54, 1.807) is 31.3 Å². The number of benzene rings is 1. The standard InChI is InChI=1S/C18H17N3O2/c1-11-8-9-15-19-13(3)16(18(23)21(15)10-11)20-17(22)14-7-5-4-6-12(14)2/h4-10H,1-3H3,(H,20,22). The maximum atomic E-state index is 12.7. The minimum atomic E-state index is -0.308. The number of nitrogens with zero attached hydrogens (tertiary/aromatic N) is 2. The fraction of sp³-hybridized carbons (Fsp3) is 0.167. The maximum Gasteiger partial charge on any atom is 0.281 e. The zero-order chi connectivity index (χ0) is 16.6. The van der Waals surface area contributed by atoms with Crippen molar-refractivity contribution >= 4 is 17.2 Å². The smallest absolute Gasteiger partial charge is 0.281 e. The molecule has 0 spiro atoms. The molecule has 116 valence electrons. The highest BCUT2D eigenvalue weighted by molar-refractivity contribution is 6.05. The van der Waals surface area contributed by atoms with Gasteiger partial charge in [0, 0.05) is 11.8 Å². The second-order valence-corrected chi connectivity index (χ2v) is 5.58. The highest BCUT2D eigenvalue weighted by Crippen LogP contribution is 2.13. The molecular weight excluding hydrogens is 290 g/mol. The quantitative estimate of drug-likeness (QED) is 0.792. The number of anilines is 1. The fourth-order valence-electron chi connectivity index (χ4n) is 2.51. The van der Waals surface area contributed by atoms with Crippen LogP contribution in [0.5, 0.6) is 0 Å². The Kier molecular flexibility index (Phi) is 3.70. The molecule has 0 aliphatic carbocycles. The van der Waals surface area contributed by atoms with Crippen LogP contribution in [0.4, 0.5) is 5.69 Å². The number of aryl methyl sites for hydroxylation is 3. The average molecular weight is 307 g/mol. The summed E-state index contributed by atoms with van der Waals surface area (Å²) in [6.45, 7) is 5.47. The second-order valence-electron chi connectivity index (χ2n) is 5.58. The largest absolute Gasteiger partial charge is 0.316 e. The number of hydrogen-bond acceptors (Lipinski definition) is 3.